The normalized spacial score (nSPS) is 15.6. The van der Waals surface area contributed by atoms with Crippen LogP contribution in [0.25, 0.3) is 11.0 Å². The van der Waals surface area contributed by atoms with Crippen molar-refractivity contribution in [3.8, 4) is 0 Å². The Hall–Kier alpha value is -2.78. The Kier molecular flexibility index (Phi) is 5.57. The van der Waals surface area contributed by atoms with Crippen LogP contribution in [0.3, 0.4) is 0 Å². The Morgan fingerprint density at radius 1 is 1.10 bits per heavy atom. The second-order valence-corrected chi connectivity index (χ2v) is 9.36. The summed E-state index contributed by atoms with van der Waals surface area (Å²) in [4.78, 5) is 19.8. The summed E-state index contributed by atoms with van der Waals surface area (Å²) in [5.41, 5.74) is 2.04. The SMILES string of the molecule is CCCn1ncc2c(C(=O)N3CCN(S(=O)(=O)c4ccccc4)CC3)cc(C)nc21. The number of aryl methyl sites for hydroxylation is 2. The molecule has 4 rings (SSSR count). The summed E-state index contributed by atoms with van der Waals surface area (Å²) < 4.78 is 28.9. The Balaban J connectivity index is 1.54. The van der Waals surface area contributed by atoms with Gasteiger partial charge in [-0.2, -0.15) is 9.40 Å². The summed E-state index contributed by atoms with van der Waals surface area (Å²) in [6.07, 6.45) is 2.62. The van der Waals surface area contributed by atoms with Crippen LogP contribution in [0.2, 0.25) is 0 Å². The molecular formula is C21H25N5O3S. The third-order valence-electron chi connectivity index (χ3n) is 5.31. The summed E-state index contributed by atoms with van der Waals surface area (Å²) in [6, 6.07) is 10.2. The number of rotatable bonds is 5. The molecule has 30 heavy (non-hydrogen) atoms. The van der Waals surface area contributed by atoms with Crippen molar-refractivity contribution in [2.24, 2.45) is 0 Å². The molecule has 1 fully saturated rings. The minimum absolute atomic E-state index is 0.113. The molecule has 3 heterocycles. The first-order chi connectivity index (χ1) is 14.4. The Morgan fingerprint density at radius 2 is 1.80 bits per heavy atom. The molecule has 1 amide bonds. The van der Waals surface area contributed by atoms with Gasteiger partial charge in [-0.15, -0.1) is 0 Å². The molecule has 9 heteroatoms. The van der Waals surface area contributed by atoms with Crippen molar-refractivity contribution >= 4 is 27.0 Å². The number of carbonyl (C=O) groups excluding carboxylic acids is 1. The van der Waals surface area contributed by atoms with E-state index < -0.39 is 10.0 Å². The first-order valence-electron chi connectivity index (χ1n) is 10.1. The van der Waals surface area contributed by atoms with Crippen LogP contribution in [0.5, 0.6) is 0 Å². The number of amides is 1. The average molecular weight is 428 g/mol. The molecular weight excluding hydrogens is 402 g/mol. The first-order valence-corrected chi connectivity index (χ1v) is 11.5. The highest BCUT2D eigenvalue weighted by Gasteiger charge is 2.31. The molecule has 1 aliphatic rings. The highest BCUT2D eigenvalue weighted by Crippen LogP contribution is 2.22. The number of nitrogens with zero attached hydrogens (tertiary/aromatic N) is 5. The molecule has 158 valence electrons. The van der Waals surface area contributed by atoms with Crippen molar-refractivity contribution < 1.29 is 13.2 Å². The highest BCUT2D eigenvalue weighted by atomic mass is 32.2. The molecule has 0 saturated carbocycles. The maximum atomic E-state index is 13.3. The number of pyridine rings is 1. The Bertz CT molecular complexity index is 1170. The largest absolute Gasteiger partial charge is 0.336 e. The van der Waals surface area contributed by atoms with Crippen molar-refractivity contribution in [1.29, 1.82) is 0 Å². The predicted octanol–water partition coefficient (Wildman–Crippen LogP) is 2.30. The Labute approximate surface area is 176 Å². The second-order valence-electron chi connectivity index (χ2n) is 7.43. The zero-order chi connectivity index (χ0) is 21.3. The molecule has 0 atom stereocenters. The lowest BCUT2D eigenvalue weighted by Gasteiger charge is -2.34. The van der Waals surface area contributed by atoms with E-state index in [1.165, 1.54) is 4.31 Å². The van der Waals surface area contributed by atoms with E-state index in [1.54, 1.807) is 47.5 Å². The third kappa shape index (κ3) is 3.70. The number of benzene rings is 1. The van der Waals surface area contributed by atoms with Gasteiger partial charge in [0.25, 0.3) is 5.91 Å². The lowest BCUT2D eigenvalue weighted by atomic mass is 10.1. The number of aromatic nitrogens is 3. The number of fused-ring (bicyclic) bond motifs is 1. The Morgan fingerprint density at radius 3 is 2.47 bits per heavy atom. The van der Waals surface area contributed by atoms with Gasteiger partial charge in [0.2, 0.25) is 10.0 Å². The molecule has 1 aromatic carbocycles. The van der Waals surface area contributed by atoms with Crippen LogP contribution in [-0.2, 0) is 16.6 Å². The van der Waals surface area contributed by atoms with Crippen LogP contribution in [0.1, 0.15) is 29.4 Å². The standard InChI is InChI=1S/C21H25N5O3S/c1-3-9-26-20-19(15-22-26)18(14-16(2)23-20)21(27)24-10-12-25(13-11-24)30(28,29)17-7-5-4-6-8-17/h4-8,14-15H,3,9-13H2,1-2H3. The van der Waals surface area contributed by atoms with E-state index in [-0.39, 0.29) is 23.9 Å². The van der Waals surface area contributed by atoms with Gasteiger partial charge in [-0.25, -0.2) is 18.1 Å². The molecule has 0 radical (unpaired) electrons. The van der Waals surface area contributed by atoms with E-state index in [4.69, 9.17) is 0 Å². The van der Waals surface area contributed by atoms with Gasteiger partial charge in [0.1, 0.15) is 0 Å². The fourth-order valence-corrected chi connectivity index (χ4v) is 5.21. The van der Waals surface area contributed by atoms with E-state index in [2.05, 4.69) is 17.0 Å². The van der Waals surface area contributed by atoms with Crippen LogP contribution in [0.15, 0.2) is 47.5 Å². The van der Waals surface area contributed by atoms with E-state index in [9.17, 15) is 13.2 Å². The van der Waals surface area contributed by atoms with Crippen LogP contribution in [0, 0.1) is 6.92 Å². The molecule has 1 saturated heterocycles. The van der Waals surface area contributed by atoms with Gasteiger partial charge >= 0.3 is 0 Å². The predicted molar refractivity (Wildman–Crippen MR) is 114 cm³/mol. The quantitative estimate of drug-likeness (QED) is 0.623. The minimum atomic E-state index is -3.55. The third-order valence-corrected chi connectivity index (χ3v) is 7.22. The van der Waals surface area contributed by atoms with E-state index in [0.29, 0.717) is 24.3 Å². The summed E-state index contributed by atoms with van der Waals surface area (Å²) in [5, 5.41) is 5.12. The fraction of sp³-hybridized carbons (Fsp3) is 0.381. The average Bonchev–Trinajstić information content (AvgIpc) is 3.16. The van der Waals surface area contributed by atoms with Crippen molar-refractivity contribution in [3.63, 3.8) is 0 Å². The van der Waals surface area contributed by atoms with Crippen molar-refractivity contribution in [1.82, 2.24) is 24.0 Å². The van der Waals surface area contributed by atoms with E-state index >= 15 is 0 Å². The second kappa shape index (κ2) is 8.16. The van der Waals surface area contributed by atoms with Crippen molar-refractivity contribution in [2.75, 3.05) is 26.2 Å². The van der Waals surface area contributed by atoms with Crippen molar-refractivity contribution in [2.45, 2.75) is 31.7 Å². The van der Waals surface area contributed by atoms with Gasteiger partial charge < -0.3 is 4.90 Å². The summed E-state index contributed by atoms with van der Waals surface area (Å²) >= 11 is 0. The molecule has 0 bridgehead atoms. The number of hydrogen-bond donors (Lipinski definition) is 0. The monoisotopic (exact) mass is 427 g/mol. The maximum absolute atomic E-state index is 13.3. The zero-order valence-corrected chi connectivity index (χ0v) is 18.0. The minimum Gasteiger partial charge on any atom is -0.336 e. The van der Waals surface area contributed by atoms with Crippen LogP contribution >= 0.6 is 0 Å². The molecule has 0 aliphatic carbocycles. The topological polar surface area (TPSA) is 88.4 Å². The smallest absolute Gasteiger partial charge is 0.254 e. The lowest BCUT2D eigenvalue weighted by Crippen LogP contribution is -2.50. The highest BCUT2D eigenvalue weighted by molar-refractivity contribution is 7.89. The molecule has 0 N–H and O–H groups in total. The van der Waals surface area contributed by atoms with Gasteiger partial charge in [0, 0.05) is 38.4 Å². The van der Waals surface area contributed by atoms with Crippen LogP contribution in [-0.4, -0.2) is 64.5 Å². The summed E-state index contributed by atoms with van der Waals surface area (Å²) in [5.74, 6) is -0.113. The van der Waals surface area contributed by atoms with E-state index in [1.807, 2.05) is 11.6 Å². The van der Waals surface area contributed by atoms with Gasteiger partial charge in [0.15, 0.2) is 5.65 Å². The number of piperazine rings is 1. The zero-order valence-electron chi connectivity index (χ0n) is 17.2. The molecule has 0 spiro atoms. The lowest BCUT2D eigenvalue weighted by molar-refractivity contribution is 0.0699. The first kappa shape index (κ1) is 20.5. The van der Waals surface area contributed by atoms with Crippen LogP contribution < -0.4 is 0 Å². The van der Waals surface area contributed by atoms with Gasteiger partial charge in [-0.3, -0.25) is 4.79 Å². The van der Waals surface area contributed by atoms with Gasteiger partial charge in [-0.1, -0.05) is 25.1 Å². The number of hydrogen-bond acceptors (Lipinski definition) is 5. The summed E-state index contributed by atoms with van der Waals surface area (Å²) in [6.45, 7) is 5.90. The maximum Gasteiger partial charge on any atom is 0.254 e. The number of sulfonamides is 1. The summed E-state index contributed by atoms with van der Waals surface area (Å²) in [7, 11) is -3.55. The molecule has 2 aromatic heterocycles. The fourth-order valence-electron chi connectivity index (χ4n) is 3.77. The van der Waals surface area contributed by atoms with Gasteiger partial charge in [0.05, 0.1) is 22.0 Å². The number of carbonyl (C=O) groups is 1. The van der Waals surface area contributed by atoms with Crippen molar-refractivity contribution in [3.05, 3.63) is 53.9 Å². The van der Waals surface area contributed by atoms with E-state index in [0.717, 1.165) is 24.0 Å². The molecule has 8 nitrogen and oxygen atoms in total. The molecule has 1 aliphatic heterocycles. The molecule has 0 unspecified atom stereocenters. The van der Waals surface area contributed by atoms with Crippen LogP contribution in [0.4, 0.5) is 0 Å². The van der Waals surface area contributed by atoms with Gasteiger partial charge in [-0.05, 0) is 31.5 Å². The molecule has 3 aromatic rings.